The molecule has 1 N–H and O–H groups in total. The van der Waals surface area contributed by atoms with Gasteiger partial charge in [-0.05, 0) is 41.7 Å². The molecule has 34 heavy (non-hydrogen) atoms. The molecule has 0 aromatic heterocycles. The van der Waals surface area contributed by atoms with Gasteiger partial charge in [-0.1, -0.05) is 68.4 Å². The van der Waals surface area contributed by atoms with Crippen molar-refractivity contribution in [2.75, 3.05) is 0 Å². The van der Waals surface area contributed by atoms with E-state index < -0.39 is 5.92 Å². The Balaban J connectivity index is 1.50. The topological polar surface area (TPSA) is 55.4 Å². The molecule has 4 nitrogen and oxygen atoms in total. The maximum Gasteiger partial charge on any atom is 0.192 e. The van der Waals surface area contributed by atoms with Crippen molar-refractivity contribution in [3.8, 4) is 11.5 Å². The number of benzene rings is 3. The van der Waals surface area contributed by atoms with Crippen molar-refractivity contribution >= 4 is 17.3 Å². The van der Waals surface area contributed by atoms with Gasteiger partial charge in [0.05, 0.1) is 5.70 Å². The van der Waals surface area contributed by atoms with Gasteiger partial charge < -0.3 is 10.1 Å². The van der Waals surface area contributed by atoms with Crippen molar-refractivity contribution < 1.29 is 14.3 Å². The van der Waals surface area contributed by atoms with E-state index in [0.29, 0.717) is 23.3 Å². The van der Waals surface area contributed by atoms with Gasteiger partial charge in [0.25, 0.3) is 0 Å². The quantitative estimate of drug-likeness (QED) is 0.504. The lowest BCUT2D eigenvalue weighted by molar-refractivity contribution is -0.118. The summed E-state index contributed by atoms with van der Waals surface area (Å²) in [7, 11) is 0. The SMILES string of the molecule is CC1(C)CC(=O)C2=C(C1)NC1=C(C(=O)c3ccccc31)C2c1cccc(Oc2ccccc2)c1. The zero-order valence-corrected chi connectivity index (χ0v) is 19.2. The van der Waals surface area contributed by atoms with Gasteiger partial charge in [-0.3, -0.25) is 9.59 Å². The molecular formula is C30H25NO3. The fourth-order valence-corrected chi connectivity index (χ4v) is 5.50. The Kier molecular flexibility index (Phi) is 4.59. The summed E-state index contributed by atoms with van der Waals surface area (Å²) in [5.74, 6) is 1.09. The third-order valence-electron chi connectivity index (χ3n) is 6.90. The smallest absolute Gasteiger partial charge is 0.192 e. The van der Waals surface area contributed by atoms with Crippen LogP contribution in [0.5, 0.6) is 11.5 Å². The van der Waals surface area contributed by atoms with E-state index >= 15 is 0 Å². The summed E-state index contributed by atoms with van der Waals surface area (Å²) in [4.78, 5) is 27.1. The normalized spacial score (nSPS) is 20.5. The van der Waals surface area contributed by atoms with Crippen LogP contribution in [0.25, 0.3) is 5.70 Å². The monoisotopic (exact) mass is 447 g/mol. The highest BCUT2D eigenvalue weighted by molar-refractivity contribution is 6.23. The first-order valence-electron chi connectivity index (χ1n) is 11.7. The number of ether oxygens (including phenoxy) is 1. The molecule has 0 amide bonds. The number of Topliss-reactive ketones (excluding diaryl/α,β-unsaturated/α-hetero) is 2. The molecule has 2 aliphatic carbocycles. The van der Waals surface area contributed by atoms with Crippen LogP contribution in [0.1, 0.15) is 54.1 Å². The summed E-state index contributed by atoms with van der Waals surface area (Å²) >= 11 is 0. The molecule has 168 valence electrons. The number of fused-ring (bicyclic) bond motifs is 2. The van der Waals surface area contributed by atoms with Gasteiger partial charge in [-0.2, -0.15) is 0 Å². The van der Waals surface area contributed by atoms with Crippen molar-refractivity contribution in [3.63, 3.8) is 0 Å². The molecule has 1 aliphatic heterocycles. The number of rotatable bonds is 3. The number of allylic oxidation sites excluding steroid dienone is 3. The molecule has 1 heterocycles. The van der Waals surface area contributed by atoms with Crippen LogP contribution in [0.15, 0.2) is 95.7 Å². The molecule has 0 spiro atoms. The highest BCUT2D eigenvalue weighted by atomic mass is 16.5. The van der Waals surface area contributed by atoms with E-state index in [1.54, 1.807) is 0 Å². The largest absolute Gasteiger partial charge is 0.457 e. The zero-order chi connectivity index (χ0) is 23.4. The number of para-hydroxylation sites is 1. The van der Waals surface area contributed by atoms with E-state index in [-0.39, 0.29) is 17.0 Å². The van der Waals surface area contributed by atoms with Crippen molar-refractivity contribution in [1.82, 2.24) is 5.32 Å². The highest BCUT2D eigenvalue weighted by Gasteiger charge is 2.46. The van der Waals surface area contributed by atoms with Gasteiger partial charge in [0.1, 0.15) is 11.5 Å². The Morgan fingerprint density at radius 3 is 2.29 bits per heavy atom. The minimum atomic E-state index is -0.422. The van der Waals surface area contributed by atoms with Crippen molar-refractivity contribution in [3.05, 3.63) is 112 Å². The summed E-state index contributed by atoms with van der Waals surface area (Å²) in [5, 5.41) is 3.53. The fraction of sp³-hybridized carbons (Fsp3) is 0.200. The van der Waals surface area contributed by atoms with Crippen LogP contribution in [0.2, 0.25) is 0 Å². The van der Waals surface area contributed by atoms with E-state index in [2.05, 4.69) is 19.2 Å². The number of hydrogen-bond acceptors (Lipinski definition) is 4. The lowest BCUT2D eigenvalue weighted by Crippen LogP contribution is -2.37. The maximum atomic E-state index is 13.6. The molecule has 0 radical (unpaired) electrons. The van der Waals surface area contributed by atoms with Crippen molar-refractivity contribution in [2.45, 2.75) is 32.6 Å². The minimum Gasteiger partial charge on any atom is -0.457 e. The lowest BCUT2D eigenvalue weighted by Gasteiger charge is -2.39. The second kappa shape index (κ2) is 7.56. The van der Waals surface area contributed by atoms with Gasteiger partial charge in [-0.15, -0.1) is 0 Å². The second-order valence-corrected chi connectivity index (χ2v) is 10.0. The predicted molar refractivity (Wildman–Crippen MR) is 132 cm³/mol. The molecule has 0 saturated carbocycles. The van der Waals surface area contributed by atoms with Gasteiger partial charge in [0.15, 0.2) is 11.6 Å². The van der Waals surface area contributed by atoms with E-state index in [1.807, 2.05) is 78.9 Å². The Morgan fingerprint density at radius 1 is 0.794 bits per heavy atom. The average Bonchev–Trinajstić information content (AvgIpc) is 3.10. The molecule has 3 aromatic carbocycles. The van der Waals surface area contributed by atoms with Gasteiger partial charge >= 0.3 is 0 Å². The Hall–Kier alpha value is -3.92. The number of carbonyl (C=O) groups is 2. The number of carbonyl (C=O) groups excluding carboxylic acids is 2. The molecule has 0 fully saturated rings. The summed E-state index contributed by atoms with van der Waals surface area (Å²) in [6.45, 7) is 4.24. The molecule has 4 heteroatoms. The van der Waals surface area contributed by atoms with Crippen LogP contribution in [-0.4, -0.2) is 11.6 Å². The molecule has 1 unspecified atom stereocenters. The highest BCUT2D eigenvalue weighted by Crippen LogP contribution is 2.51. The Bertz CT molecular complexity index is 1410. The molecule has 6 rings (SSSR count). The van der Waals surface area contributed by atoms with Crippen LogP contribution < -0.4 is 10.1 Å². The number of nitrogens with one attached hydrogen (secondary N) is 1. The summed E-state index contributed by atoms with van der Waals surface area (Å²) < 4.78 is 6.09. The number of dihydropyridines is 1. The molecular weight excluding hydrogens is 422 g/mol. The predicted octanol–water partition coefficient (Wildman–Crippen LogP) is 6.42. The Morgan fingerprint density at radius 2 is 1.50 bits per heavy atom. The third kappa shape index (κ3) is 3.29. The van der Waals surface area contributed by atoms with E-state index in [1.165, 1.54) is 0 Å². The maximum absolute atomic E-state index is 13.6. The van der Waals surface area contributed by atoms with E-state index in [4.69, 9.17) is 4.74 Å². The van der Waals surface area contributed by atoms with Gasteiger partial charge in [0, 0.05) is 40.3 Å². The van der Waals surface area contributed by atoms with Crippen LogP contribution in [0.4, 0.5) is 0 Å². The number of hydrogen-bond donors (Lipinski definition) is 1. The van der Waals surface area contributed by atoms with Crippen LogP contribution >= 0.6 is 0 Å². The zero-order valence-electron chi connectivity index (χ0n) is 19.2. The van der Waals surface area contributed by atoms with E-state index in [0.717, 1.165) is 40.3 Å². The first kappa shape index (κ1) is 20.7. The average molecular weight is 448 g/mol. The molecule has 3 aromatic rings. The molecule has 1 atom stereocenters. The Labute approximate surface area is 199 Å². The molecule has 3 aliphatic rings. The van der Waals surface area contributed by atoms with Crippen molar-refractivity contribution in [2.24, 2.45) is 5.41 Å². The minimum absolute atomic E-state index is 0.0123. The van der Waals surface area contributed by atoms with E-state index in [9.17, 15) is 9.59 Å². The molecule has 0 bridgehead atoms. The van der Waals surface area contributed by atoms with Crippen LogP contribution in [0.3, 0.4) is 0 Å². The van der Waals surface area contributed by atoms with Crippen LogP contribution in [-0.2, 0) is 4.79 Å². The van der Waals surface area contributed by atoms with Gasteiger partial charge in [0.2, 0.25) is 0 Å². The molecule has 0 saturated heterocycles. The summed E-state index contributed by atoms with van der Waals surface area (Å²) in [6.07, 6.45) is 1.23. The summed E-state index contributed by atoms with van der Waals surface area (Å²) in [5.41, 5.74) is 5.50. The fourth-order valence-electron chi connectivity index (χ4n) is 5.50. The third-order valence-corrected chi connectivity index (χ3v) is 6.90. The lowest BCUT2D eigenvalue weighted by atomic mass is 9.68. The second-order valence-electron chi connectivity index (χ2n) is 10.0. The van der Waals surface area contributed by atoms with Crippen molar-refractivity contribution in [1.29, 1.82) is 0 Å². The van der Waals surface area contributed by atoms with Crippen LogP contribution in [0, 0.1) is 5.41 Å². The van der Waals surface area contributed by atoms with Gasteiger partial charge in [-0.25, -0.2) is 0 Å². The standard InChI is InChI=1S/C30H25NO3/c1-30(2)16-23-26(24(32)17-30)25(27-28(31-23)21-13-6-7-14-22(21)29(27)33)18-9-8-12-20(15-18)34-19-10-4-3-5-11-19/h3-15,25,31H,16-17H2,1-2H3. The first-order valence-corrected chi connectivity index (χ1v) is 11.7. The summed E-state index contributed by atoms with van der Waals surface area (Å²) in [6, 6.07) is 25.1. The number of ketones is 2. The first-order chi connectivity index (χ1) is 16.4.